The van der Waals surface area contributed by atoms with Crippen LogP contribution in [-0.2, 0) is 19.6 Å². The molecule has 0 saturated carbocycles. The monoisotopic (exact) mass is 392 g/mol. The average molecular weight is 392 g/mol. The molecule has 0 atom stereocenters. The van der Waals surface area contributed by atoms with Crippen LogP contribution in [-0.4, -0.2) is 40.0 Å². The number of fused-ring (bicyclic) bond motifs is 1. The molecule has 0 bridgehead atoms. The van der Waals surface area contributed by atoms with E-state index < -0.39 is 21.8 Å². The number of ether oxygens (including phenoxy) is 2. The van der Waals surface area contributed by atoms with E-state index in [4.69, 9.17) is 9.47 Å². The first kappa shape index (κ1) is 18.8. The average Bonchev–Trinajstić information content (AvgIpc) is 2.91. The Morgan fingerprint density at radius 1 is 1.07 bits per heavy atom. The molecule has 3 rings (SSSR count). The Hall–Kier alpha value is -2.94. The Bertz CT molecular complexity index is 975. The standard InChI is InChI=1S/C18H17FN2O5S/c19-14-6-2-3-7-15(14)25-11-12-26-17(22)9-10-20-18-13-5-1-4-8-16(13)27(23,24)21-18/h1-8H,9-12H2,(H,20,21). The summed E-state index contributed by atoms with van der Waals surface area (Å²) in [6, 6.07) is 12.4. The van der Waals surface area contributed by atoms with Crippen molar-refractivity contribution in [1.82, 2.24) is 4.72 Å². The lowest BCUT2D eigenvalue weighted by atomic mass is 10.2. The third-order valence-corrected chi connectivity index (χ3v) is 5.09. The molecule has 0 saturated heterocycles. The highest BCUT2D eigenvalue weighted by Gasteiger charge is 2.29. The number of hydrogen-bond acceptors (Lipinski definition) is 6. The number of sulfonamides is 1. The number of benzene rings is 2. The maximum atomic E-state index is 13.4. The first-order chi connectivity index (χ1) is 13.0. The second-order valence-electron chi connectivity index (χ2n) is 5.58. The van der Waals surface area contributed by atoms with Crippen LogP contribution in [0.1, 0.15) is 12.0 Å². The van der Waals surface area contributed by atoms with Gasteiger partial charge in [0.1, 0.15) is 19.0 Å². The zero-order valence-electron chi connectivity index (χ0n) is 14.2. The van der Waals surface area contributed by atoms with E-state index in [-0.39, 0.29) is 42.7 Å². The number of para-hydroxylation sites is 1. The van der Waals surface area contributed by atoms with Crippen LogP contribution in [0.15, 0.2) is 58.4 Å². The molecule has 0 amide bonds. The lowest BCUT2D eigenvalue weighted by Gasteiger charge is -2.07. The van der Waals surface area contributed by atoms with E-state index in [0.717, 1.165) is 0 Å². The molecule has 9 heteroatoms. The van der Waals surface area contributed by atoms with Crippen LogP contribution < -0.4 is 9.46 Å². The maximum Gasteiger partial charge on any atom is 0.307 e. The molecule has 0 unspecified atom stereocenters. The van der Waals surface area contributed by atoms with Crippen molar-refractivity contribution in [3.05, 3.63) is 59.9 Å². The van der Waals surface area contributed by atoms with Gasteiger partial charge in [-0.15, -0.1) is 0 Å². The van der Waals surface area contributed by atoms with Crippen LogP contribution in [0, 0.1) is 5.82 Å². The highest BCUT2D eigenvalue weighted by atomic mass is 32.2. The molecule has 1 N–H and O–H groups in total. The summed E-state index contributed by atoms with van der Waals surface area (Å²) in [5.41, 5.74) is 0.476. The number of nitrogens with one attached hydrogen (secondary N) is 1. The lowest BCUT2D eigenvalue weighted by Crippen LogP contribution is -2.22. The molecule has 0 spiro atoms. The molecule has 0 aliphatic carbocycles. The van der Waals surface area contributed by atoms with E-state index in [0.29, 0.717) is 5.56 Å². The van der Waals surface area contributed by atoms with E-state index >= 15 is 0 Å². The molecule has 1 heterocycles. The fourth-order valence-electron chi connectivity index (χ4n) is 2.45. The summed E-state index contributed by atoms with van der Waals surface area (Å²) in [5.74, 6) is -0.696. The number of carbonyl (C=O) groups is 1. The molecule has 7 nitrogen and oxygen atoms in total. The number of esters is 1. The van der Waals surface area contributed by atoms with E-state index in [9.17, 15) is 17.6 Å². The molecule has 1 aliphatic heterocycles. The van der Waals surface area contributed by atoms with Gasteiger partial charge in [-0.25, -0.2) is 12.8 Å². The van der Waals surface area contributed by atoms with Crippen molar-refractivity contribution in [1.29, 1.82) is 0 Å². The van der Waals surface area contributed by atoms with E-state index in [1.165, 1.54) is 18.2 Å². The number of hydrogen-bond donors (Lipinski definition) is 1. The highest BCUT2D eigenvalue weighted by molar-refractivity contribution is 7.90. The molecule has 0 fully saturated rings. The second kappa shape index (κ2) is 8.17. The largest absolute Gasteiger partial charge is 0.487 e. The molecule has 142 valence electrons. The predicted octanol–water partition coefficient (Wildman–Crippen LogP) is 1.88. The number of aliphatic imine (C=N–C) groups is 1. The van der Waals surface area contributed by atoms with Gasteiger partial charge >= 0.3 is 5.97 Å². The van der Waals surface area contributed by atoms with Crippen LogP contribution >= 0.6 is 0 Å². The predicted molar refractivity (Wildman–Crippen MR) is 95.6 cm³/mol. The van der Waals surface area contributed by atoms with Gasteiger partial charge in [-0.3, -0.25) is 14.5 Å². The Kier molecular flexibility index (Phi) is 5.70. The van der Waals surface area contributed by atoms with E-state index in [1.807, 2.05) is 0 Å². The summed E-state index contributed by atoms with van der Waals surface area (Å²) >= 11 is 0. The molecule has 27 heavy (non-hydrogen) atoms. The van der Waals surface area contributed by atoms with E-state index in [2.05, 4.69) is 9.71 Å². The van der Waals surface area contributed by atoms with Crippen molar-refractivity contribution >= 4 is 21.8 Å². The van der Waals surface area contributed by atoms with Gasteiger partial charge in [0.15, 0.2) is 11.6 Å². The number of amidine groups is 1. The highest BCUT2D eigenvalue weighted by Crippen LogP contribution is 2.22. The topological polar surface area (TPSA) is 94.1 Å². The number of halogens is 1. The minimum absolute atomic E-state index is 0.0207. The fraction of sp³-hybridized carbons (Fsp3) is 0.222. The Balaban J connectivity index is 1.44. The summed E-state index contributed by atoms with van der Waals surface area (Å²) in [4.78, 5) is 16.0. The maximum absolute atomic E-state index is 13.4. The van der Waals surface area contributed by atoms with Crippen molar-refractivity contribution in [2.75, 3.05) is 19.8 Å². The third kappa shape index (κ3) is 4.62. The van der Waals surface area contributed by atoms with Gasteiger partial charge in [0.25, 0.3) is 10.0 Å². The van der Waals surface area contributed by atoms with Crippen LogP contribution in [0.4, 0.5) is 4.39 Å². The summed E-state index contributed by atoms with van der Waals surface area (Å²) < 4.78 is 49.8. The Morgan fingerprint density at radius 3 is 2.63 bits per heavy atom. The summed E-state index contributed by atoms with van der Waals surface area (Å²) in [6.45, 7) is 0.0623. The van der Waals surface area contributed by atoms with Gasteiger partial charge in [-0.1, -0.05) is 24.3 Å². The minimum Gasteiger partial charge on any atom is -0.487 e. The molecule has 0 radical (unpaired) electrons. The zero-order valence-corrected chi connectivity index (χ0v) is 15.0. The second-order valence-corrected chi connectivity index (χ2v) is 7.23. The van der Waals surface area contributed by atoms with E-state index in [1.54, 1.807) is 30.3 Å². The van der Waals surface area contributed by atoms with Crippen molar-refractivity contribution < 1.29 is 27.1 Å². The SMILES string of the molecule is O=C(CCN=C1NS(=O)(=O)c2ccccc21)OCCOc1ccccc1F. The van der Waals surface area contributed by atoms with Crippen molar-refractivity contribution in [3.63, 3.8) is 0 Å². The smallest absolute Gasteiger partial charge is 0.307 e. The van der Waals surface area contributed by atoms with Gasteiger partial charge in [-0.05, 0) is 24.3 Å². The fourth-order valence-corrected chi connectivity index (χ4v) is 3.70. The molecular formula is C18H17FN2O5S. The molecule has 2 aromatic rings. The van der Waals surface area contributed by atoms with Crippen LogP contribution in [0.25, 0.3) is 0 Å². The Labute approximate surface area is 155 Å². The normalized spacial score (nSPS) is 15.8. The number of rotatable bonds is 7. The van der Waals surface area contributed by atoms with Crippen LogP contribution in [0.3, 0.4) is 0 Å². The van der Waals surface area contributed by atoms with Crippen LogP contribution in [0.2, 0.25) is 0 Å². The quantitative estimate of drug-likeness (QED) is 0.574. The third-order valence-electron chi connectivity index (χ3n) is 3.69. The van der Waals surface area contributed by atoms with Gasteiger partial charge < -0.3 is 9.47 Å². The molecule has 1 aliphatic rings. The first-order valence-electron chi connectivity index (χ1n) is 8.17. The zero-order chi connectivity index (χ0) is 19.3. The lowest BCUT2D eigenvalue weighted by molar-refractivity contribution is -0.144. The Morgan fingerprint density at radius 2 is 1.81 bits per heavy atom. The van der Waals surface area contributed by atoms with Crippen LogP contribution in [0.5, 0.6) is 5.75 Å². The molecule has 2 aromatic carbocycles. The van der Waals surface area contributed by atoms with Gasteiger partial charge in [0.05, 0.1) is 17.9 Å². The van der Waals surface area contributed by atoms with Crippen molar-refractivity contribution in [2.24, 2.45) is 4.99 Å². The molecule has 0 aromatic heterocycles. The molecular weight excluding hydrogens is 375 g/mol. The van der Waals surface area contributed by atoms with Gasteiger partial charge in [0, 0.05) is 5.56 Å². The first-order valence-corrected chi connectivity index (χ1v) is 9.65. The van der Waals surface area contributed by atoms with Gasteiger partial charge in [0.2, 0.25) is 0 Å². The number of carbonyl (C=O) groups excluding carboxylic acids is 1. The summed E-state index contributed by atoms with van der Waals surface area (Å²) in [7, 11) is -3.60. The van der Waals surface area contributed by atoms with Crippen molar-refractivity contribution in [3.8, 4) is 5.75 Å². The van der Waals surface area contributed by atoms with Gasteiger partial charge in [-0.2, -0.15) is 0 Å². The van der Waals surface area contributed by atoms with Crippen molar-refractivity contribution in [2.45, 2.75) is 11.3 Å². The number of nitrogens with zero attached hydrogens (tertiary/aromatic N) is 1. The summed E-state index contributed by atoms with van der Waals surface area (Å²) in [5, 5.41) is 0. The minimum atomic E-state index is -3.60. The summed E-state index contributed by atoms with van der Waals surface area (Å²) in [6.07, 6.45) is -0.0207.